The average molecular weight is 988 g/mol. The monoisotopic (exact) mass is 988 g/mol. The summed E-state index contributed by atoms with van der Waals surface area (Å²) < 4.78 is 33.4. The number of anilines is 1. The molecular formula is C57H85N3O11. The largest absolute Gasteiger partial charge is 0.456 e. The lowest BCUT2D eigenvalue weighted by atomic mass is 9.80. The molecule has 71 heavy (non-hydrogen) atoms. The van der Waals surface area contributed by atoms with Crippen LogP contribution in [0.2, 0.25) is 0 Å². The number of allylic oxidation sites excluding steroid dienone is 4. The van der Waals surface area contributed by atoms with Crippen molar-refractivity contribution in [3.63, 3.8) is 0 Å². The van der Waals surface area contributed by atoms with Crippen LogP contribution in [0, 0.1) is 29.6 Å². The van der Waals surface area contributed by atoms with E-state index >= 15 is 0 Å². The van der Waals surface area contributed by atoms with E-state index in [0.717, 1.165) is 37.1 Å². The third-order valence-corrected chi connectivity index (χ3v) is 16.1. The van der Waals surface area contributed by atoms with Gasteiger partial charge in [0.05, 0.1) is 30.5 Å². The number of cyclic esters (lactones) is 1. The fraction of sp³-hybridized carbons (Fsp3) is 0.684. The molecule has 2 saturated heterocycles. The van der Waals surface area contributed by atoms with Crippen LogP contribution in [0.25, 0.3) is 10.9 Å². The van der Waals surface area contributed by atoms with E-state index < -0.39 is 77.8 Å². The van der Waals surface area contributed by atoms with Crippen molar-refractivity contribution in [2.24, 2.45) is 29.6 Å². The first-order valence-corrected chi connectivity index (χ1v) is 26.5. The molecule has 2 bridgehead atoms. The zero-order valence-corrected chi connectivity index (χ0v) is 44.3. The van der Waals surface area contributed by atoms with Crippen LogP contribution < -0.4 is 4.90 Å². The number of carbonyl (C=O) groups excluding carboxylic acids is 4. The summed E-state index contributed by atoms with van der Waals surface area (Å²) in [6, 6.07) is 7.78. The highest BCUT2D eigenvalue weighted by Gasteiger charge is 2.56. The second kappa shape index (κ2) is 25.2. The van der Waals surface area contributed by atoms with Gasteiger partial charge in [0.25, 0.3) is 11.7 Å². The van der Waals surface area contributed by atoms with Gasteiger partial charge in [-0.05, 0) is 133 Å². The minimum Gasteiger partial charge on any atom is -0.456 e. The Morgan fingerprint density at radius 3 is 2.39 bits per heavy atom. The molecule has 0 radical (unpaired) electrons. The van der Waals surface area contributed by atoms with Crippen LogP contribution in [0.5, 0.6) is 0 Å². The van der Waals surface area contributed by atoms with E-state index in [1.807, 2.05) is 26.8 Å². The number of aromatic nitrogens is 1. The SMILES string of the molecule is C=CCC1/C=C(\C)CC(C)CC(OC)C2OC(O)(C(=O)C(=O)N3CCCCC3C(=O)OC(C(C)=CC3CCC(N(C)c4ccc5c(ccn5CCC)c4)C(OCC)C3)C(C)C(O)CC1=O)C(C)CC2OC. The minimum atomic E-state index is -2.52. The molecule has 2 N–H and O–H groups in total. The number of benzene rings is 1. The molecule has 14 atom stereocenters. The van der Waals surface area contributed by atoms with Crippen molar-refractivity contribution >= 4 is 40.0 Å². The summed E-state index contributed by atoms with van der Waals surface area (Å²) in [5.74, 6) is -7.63. The molecule has 14 nitrogen and oxygen atoms in total. The number of hydrogen-bond acceptors (Lipinski definition) is 12. The van der Waals surface area contributed by atoms with Gasteiger partial charge in [-0.15, -0.1) is 6.58 Å². The molecule has 3 aliphatic heterocycles. The fourth-order valence-electron chi connectivity index (χ4n) is 12.0. The number of rotatable bonds is 12. The number of nitrogens with zero attached hydrogens (tertiary/aromatic N) is 3. The quantitative estimate of drug-likeness (QED) is 0.118. The Balaban J connectivity index is 1.32. The van der Waals surface area contributed by atoms with Crippen LogP contribution in [-0.2, 0) is 49.4 Å². The van der Waals surface area contributed by atoms with Gasteiger partial charge < -0.3 is 48.3 Å². The molecule has 0 spiro atoms. The third-order valence-electron chi connectivity index (χ3n) is 16.1. The van der Waals surface area contributed by atoms with Gasteiger partial charge in [0.2, 0.25) is 5.79 Å². The number of fused-ring (bicyclic) bond motifs is 4. The number of ether oxygens (including phenoxy) is 5. The number of aliphatic hydroxyl groups is 2. The van der Waals surface area contributed by atoms with E-state index in [-0.39, 0.29) is 55.6 Å². The Morgan fingerprint density at radius 2 is 1.70 bits per heavy atom. The van der Waals surface area contributed by atoms with Crippen LogP contribution in [0.4, 0.5) is 5.69 Å². The smallest absolute Gasteiger partial charge is 0.329 e. The van der Waals surface area contributed by atoms with Crippen molar-refractivity contribution in [1.82, 2.24) is 9.47 Å². The lowest BCUT2D eigenvalue weighted by Crippen LogP contribution is -2.64. The van der Waals surface area contributed by atoms with Crippen molar-refractivity contribution in [2.45, 2.75) is 187 Å². The standard InChI is InChI=1S/C57H85N3O11/c1-12-17-42-28-35(4)27-36(5)29-50(67-10)53-51(68-11)31-38(7)57(66,71-53)54(63)55(64)60-25-16-15-18-46(60)56(65)70-52(39(8)47(61)34-48(42)62)37(6)30-40-19-21-45(49(32-40)69-14-3)58(9)43-20-22-44-41(33-43)23-26-59(44)24-13-2/h12,20,22-23,26,28,30,33,36,38-40,42,45-47,49-53,61,66H,1,13-19,21,24-25,27,29,31-32,34H2,2-11H3/b35-28+,37-30?. The maximum atomic E-state index is 14.7. The topological polar surface area (TPSA) is 166 Å². The van der Waals surface area contributed by atoms with Gasteiger partial charge in [-0.25, -0.2) is 4.79 Å². The van der Waals surface area contributed by atoms with Crippen LogP contribution in [0.15, 0.2) is 66.4 Å². The predicted octanol–water partition coefficient (Wildman–Crippen LogP) is 8.54. The molecule has 1 aromatic carbocycles. The number of aliphatic hydroxyl groups excluding tert-OH is 1. The summed E-state index contributed by atoms with van der Waals surface area (Å²) in [7, 11) is 5.22. The number of Topliss-reactive ketones (excluding diaryl/α,β-unsaturated/α-hetero) is 2. The Labute approximate surface area is 423 Å². The van der Waals surface area contributed by atoms with E-state index in [1.165, 1.54) is 22.9 Å². The molecule has 1 amide bonds. The number of likely N-dealkylation sites (N-methyl/N-ethyl adjacent to an activating group) is 1. The maximum absolute atomic E-state index is 14.7. The molecule has 2 aromatic rings. The molecule has 4 heterocycles. The Bertz CT molecular complexity index is 2220. The molecule has 1 aliphatic carbocycles. The Morgan fingerprint density at radius 1 is 0.972 bits per heavy atom. The molecule has 1 aromatic heterocycles. The van der Waals surface area contributed by atoms with Gasteiger partial charge in [-0.1, -0.05) is 51.5 Å². The zero-order valence-electron chi connectivity index (χ0n) is 44.3. The third kappa shape index (κ3) is 13.0. The van der Waals surface area contributed by atoms with E-state index in [9.17, 15) is 29.4 Å². The second-order valence-electron chi connectivity index (χ2n) is 21.4. The van der Waals surface area contributed by atoms with E-state index in [4.69, 9.17) is 23.7 Å². The first kappa shape index (κ1) is 56.1. The van der Waals surface area contributed by atoms with Crippen LogP contribution >= 0.6 is 0 Å². The molecule has 14 heteroatoms. The normalized spacial score (nSPS) is 35.3. The van der Waals surface area contributed by atoms with E-state index in [2.05, 4.69) is 73.5 Å². The summed E-state index contributed by atoms with van der Waals surface area (Å²) in [5, 5.41) is 25.4. The molecule has 4 aliphatic rings. The number of aryl methyl sites for hydroxylation is 1. The highest BCUT2D eigenvalue weighted by Crippen LogP contribution is 2.40. The number of methoxy groups -OCH3 is 2. The number of amides is 1. The highest BCUT2D eigenvalue weighted by molar-refractivity contribution is 6.39. The zero-order chi connectivity index (χ0) is 51.7. The summed E-state index contributed by atoms with van der Waals surface area (Å²) in [5.41, 5.74) is 4.03. The van der Waals surface area contributed by atoms with Gasteiger partial charge >= 0.3 is 5.97 Å². The van der Waals surface area contributed by atoms with Crippen molar-refractivity contribution < 1.29 is 53.1 Å². The van der Waals surface area contributed by atoms with Gasteiger partial charge in [-0.3, -0.25) is 14.4 Å². The highest BCUT2D eigenvalue weighted by atomic mass is 16.7. The van der Waals surface area contributed by atoms with Gasteiger partial charge in [0, 0.05) is 87.9 Å². The first-order chi connectivity index (χ1) is 33.9. The summed E-state index contributed by atoms with van der Waals surface area (Å²) >= 11 is 0. The van der Waals surface area contributed by atoms with E-state index in [0.29, 0.717) is 50.7 Å². The summed E-state index contributed by atoms with van der Waals surface area (Å²) in [4.78, 5) is 61.4. The number of carbonyl (C=O) groups is 4. The minimum absolute atomic E-state index is 0.00742. The number of hydrogen-bond donors (Lipinski definition) is 2. The number of piperidine rings is 1. The first-order valence-electron chi connectivity index (χ1n) is 26.5. The molecule has 394 valence electrons. The molecule has 1 saturated carbocycles. The van der Waals surface area contributed by atoms with Crippen LogP contribution in [0.1, 0.15) is 126 Å². The van der Waals surface area contributed by atoms with Crippen LogP contribution in [-0.4, -0.2) is 132 Å². The van der Waals surface area contributed by atoms with Gasteiger partial charge in [0.1, 0.15) is 24.0 Å². The maximum Gasteiger partial charge on any atom is 0.329 e. The van der Waals surface area contributed by atoms with Gasteiger partial charge in [0.15, 0.2) is 0 Å². The average Bonchev–Trinajstić information content (AvgIpc) is 3.76. The summed E-state index contributed by atoms with van der Waals surface area (Å²) in [6.45, 7) is 19.1. The number of esters is 1. The molecule has 14 unspecified atom stereocenters. The van der Waals surface area contributed by atoms with Gasteiger partial charge in [-0.2, -0.15) is 0 Å². The van der Waals surface area contributed by atoms with Crippen molar-refractivity contribution in [1.29, 1.82) is 0 Å². The van der Waals surface area contributed by atoms with E-state index in [1.54, 1.807) is 27.0 Å². The lowest BCUT2D eigenvalue weighted by molar-refractivity contribution is -0.302. The number of ketones is 2. The summed E-state index contributed by atoms with van der Waals surface area (Å²) in [6.07, 6.45) is 9.89. The van der Waals surface area contributed by atoms with Crippen molar-refractivity contribution in [3.05, 3.63) is 66.4 Å². The lowest BCUT2D eigenvalue weighted by Gasteiger charge is -2.47. The second-order valence-corrected chi connectivity index (χ2v) is 21.4. The molecular weight excluding hydrogens is 903 g/mol. The predicted molar refractivity (Wildman–Crippen MR) is 276 cm³/mol. The Kier molecular flexibility index (Phi) is 19.9. The molecule has 3 fully saturated rings. The molecule has 6 rings (SSSR count). The van der Waals surface area contributed by atoms with Crippen molar-refractivity contribution in [3.8, 4) is 0 Å². The van der Waals surface area contributed by atoms with Crippen LogP contribution in [0.3, 0.4) is 0 Å². The Hall–Kier alpha value is -4.18. The fourth-order valence-corrected chi connectivity index (χ4v) is 12.0. The van der Waals surface area contributed by atoms with Crippen molar-refractivity contribution in [2.75, 3.05) is 39.3 Å².